The van der Waals surface area contributed by atoms with Crippen LogP contribution in [0.1, 0.15) is 44.9 Å². The number of carboxylic acids is 1. The van der Waals surface area contributed by atoms with Gasteiger partial charge in [-0.3, -0.25) is 4.79 Å². The number of ether oxygens (including phenoxy) is 1. The molecule has 21 heavy (non-hydrogen) atoms. The Labute approximate surface area is 124 Å². The summed E-state index contributed by atoms with van der Waals surface area (Å²) in [5, 5.41) is 15.8. The minimum absolute atomic E-state index is 0.120. The number of fused-ring (bicyclic) bond motifs is 2. The molecule has 3 saturated heterocycles. The molecule has 3 heterocycles. The number of carboxylic acid groups (broad SMARTS) is 1. The molecule has 2 bridgehead atoms. The zero-order valence-corrected chi connectivity index (χ0v) is 12.3. The second-order valence-corrected chi connectivity index (χ2v) is 6.73. The van der Waals surface area contributed by atoms with E-state index in [0.717, 1.165) is 12.8 Å². The van der Waals surface area contributed by atoms with Gasteiger partial charge in [0.25, 0.3) is 0 Å². The highest BCUT2D eigenvalue weighted by atomic mass is 16.5. The highest BCUT2D eigenvalue weighted by molar-refractivity contribution is 5.87. The molecule has 0 aromatic carbocycles. The summed E-state index contributed by atoms with van der Waals surface area (Å²) in [6, 6.07) is 1.11. The van der Waals surface area contributed by atoms with Gasteiger partial charge in [-0.05, 0) is 31.6 Å². The molecule has 118 valence electrons. The van der Waals surface area contributed by atoms with Gasteiger partial charge < -0.3 is 20.5 Å². The first-order valence-electron chi connectivity index (χ1n) is 7.95. The van der Waals surface area contributed by atoms with Crippen LogP contribution in [0.25, 0.3) is 0 Å². The van der Waals surface area contributed by atoms with Crippen molar-refractivity contribution in [2.24, 2.45) is 5.92 Å². The van der Waals surface area contributed by atoms with Crippen molar-refractivity contribution in [2.45, 2.75) is 62.6 Å². The Balaban J connectivity index is 1.56. The van der Waals surface area contributed by atoms with Gasteiger partial charge in [-0.25, -0.2) is 4.79 Å². The van der Waals surface area contributed by atoms with Crippen molar-refractivity contribution in [2.75, 3.05) is 13.2 Å². The summed E-state index contributed by atoms with van der Waals surface area (Å²) in [5.41, 5.74) is -1.12. The smallest absolute Gasteiger partial charge is 0.329 e. The van der Waals surface area contributed by atoms with Crippen LogP contribution >= 0.6 is 0 Å². The summed E-state index contributed by atoms with van der Waals surface area (Å²) < 4.78 is 5.22. The second-order valence-electron chi connectivity index (χ2n) is 6.73. The van der Waals surface area contributed by atoms with Crippen molar-refractivity contribution < 1.29 is 19.4 Å². The molecular formula is C15H24N2O4. The molecular weight excluding hydrogens is 272 g/mol. The standard InChI is InChI=1S/C15H24N2O4/c18-13(9-10-7-11-1-2-12(8-10)16-11)17-15(14(19)20)3-5-21-6-4-15/h10-12,16H,1-9H2,(H,17,18)(H,19,20). The average Bonchev–Trinajstić information content (AvgIpc) is 2.78. The van der Waals surface area contributed by atoms with Gasteiger partial charge in [-0.1, -0.05) is 0 Å². The van der Waals surface area contributed by atoms with E-state index in [9.17, 15) is 14.7 Å². The van der Waals surface area contributed by atoms with E-state index in [4.69, 9.17) is 4.74 Å². The predicted molar refractivity (Wildman–Crippen MR) is 75.8 cm³/mol. The monoisotopic (exact) mass is 296 g/mol. The SMILES string of the molecule is O=C(CC1CC2CCC(C1)N2)NC1(C(=O)O)CCOCC1. The number of amides is 1. The van der Waals surface area contributed by atoms with Crippen molar-refractivity contribution in [3.63, 3.8) is 0 Å². The van der Waals surface area contributed by atoms with E-state index in [0.29, 0.717) is 50.5 Å². The minimum Gasteiger partial charge on any atom is -0.480 e. The highest BCUT2D eigenvalue weighted by Crippen LogP contribution is 2.33. The zero-order chi connectivity index (χ0) is 14.9. The van der Waals surface area contributed by atoms with Crippen molar-refractivity contribution in [1.82, 2.24) is 10.6 Å². The van der Waals surface area contributed by atoms with Crippen molar-refractivity contribution >= 4 is 11.9 Å². The topological polar surface area (TPSA) is 87.7 Å². The summed E-state index contributed by atoms with van der Waals surface area (Å²) in [5.74, 6) is -0.676. The summed E-state index contributed by atoms with van der Waals surface area (Å²) >= 11 is 0. The Bertz CT molecular complexity index is 408. The molecule has 3 aliphatic heterocycles. The van der Waals surface area contributed by atoms with Crippen molar-refractivity contribution in [1.29, 1.82) is 0 Å². The Morgan fingerprint density at radius 3 is 2.38 bits per heavy atom. The average molecular weight is 296 g/mol. The molecule has 0 aromatic heterocycles. The first-order valence-corrected chi connectivity index (χ1v) is 7.95. The number of aliphatic carboxylic acids is 1. The van der Waals surface area contributed by atoms with Crippen molar-refractivity contribution in [3.05, 3.63) is 0 Å². The largest absolute Gasteiger partial charge is 0.480 e. The molecule has 2 unspecified atom stereocenters. The molecule has 0 aliphatic carbocycles. The van der Waals surface area contributed by atoms with E-state index < -0.39 is 11.5 Å². The Morgan fingerprint density at radius 1 is 1.19 bits per heavy atom. The maximum Gasteiger partial charge on any atom is 0.329 e. The molecule has 1 amide bonds. The maximum atomic E-state index is 12.3. The Morgan fingerprint density at radius 2 is 1.81 bits per heavy atom. The molecule has 0 aromatic rings. The van der Waals surface area contributed by atoms with Crippen LogP contribution in [0.15, 0.2) is 0 Å². The van der Waals surface area contributed by atoms with Gasteiger partial charge >= 0.3 is 5.97 Å². The fourth-order valence-corrected chi connectivity index (χ4v) is 4.03. The van der Waals surface area contributed by atoms with Crippen molar-refractivity contribution in [3.8, 4) is 0 Å². The number of carbonyl (C=O) groups is 2. The van der Waals surface area contributed by atoms with E-state index in [1.165, 1.54) is 12.8 Å². The quantitative estimate of drug-likeness (QED) is 0.709. The number of hydrogen-bond donors (Lipinski definition) is 3. The van der Waals surface area contributed by atoms with Crippen LogP contribution in [0, 0.1) is 5.92 Å². The van der Waals surface area contributed by atoms with Crippen LogP contribution in [-0.2, 0) is 14.3 Å². The summed E-state index contributed by atoms with van der Waals surface area (Å²) in [6.07, 6.45) is 5.64. The van der Waals surface area contributed by atoms with E-state index in [1.54, 1.807) is 0 Å². The third kappa shape index (κ3) is 3.21. The number of piperidine rings is 1. The van der Waals surface area contributed by atoms with Gasteiger partial charge in [0.2, 0.25) is 5.91 Å². The van der Waals surface area contributed by atoms with Gasteiger partial charge in [-0.2, -0.15) is 0 Å². The lowest BCUT2D eigenvalue weighted by Gasteiger charge is -2.35. The van der Waals surface area contributed by atoms with Crippen LogP contribution in [0.5, 0.6) is 0 Å². The zero-order valence-electron chi connectivity index (χ0n) is 12.3. The molecule has 0 radical (unpaired) electrons. The van der Waals surface area contributed by atoms with E-state index in [-0.39, 0.29) is 5.91 Å². The Kier molecular flexibility index (Phi) is 4.17. The fraction of sp³-hybridized carbons (Fsp3) is 0.867. The lowest BCUT2D eigenvalue weighted by Crippen LogP contribution is -2.57. The molecule has 3 N–H and O–H groups in total. The number of hydrogen-bond acceptors (Lipinski definition) is 4. The van der Waals surface area contributed by atoms with Crippen LogP contribution < -0.4 is 10.6 Å². The first-order chi connectivity index (χ1) is 10.1. The second kappa shape index (κ2) is 5.93. The fourth-order valence-electron chi connectivity index (χ4n) is 4.03. The molecule has 0 saturated carbocycles. The van der Waals surface area contributed by atoms with Gasteiger partial charge in [0, 0.05) is 44.6 Å². The molecule has 2 atom stereocenters. The maximum absolute atomic E-state index is 12.3. The molecule has 3 fully saturated rings. The minimum atomic E-state index is -1.12. The van der Waals surface area contributed by atoms with Crippen LogP contribution in [0.4, 0.5) is 0 Å². The van der Waals surface area contributed by atoms with Gasteiger partial charge in [-0.15, -0.1) is 0 Å². The number of nitrogens with one attached hydrogen (secondary N) is 2. The molecule has 3 rings (SSSR count). The number of carbonyl (C=O) groups excluding carboxylic acids is 1. The summed E-state index contributed by atoms with van der Waals surface area (Å²) in [6.45, 7) is 0.786. The predicted octanol–water partition coefficient (Wildman–Crippen LogP) is 0.657. The third-order valence-corrected chi connectivity index (χ3v) is 5.18. The lowest BCUT2D eigenvalue weighted by atomic mass is 9.87. The van der Waals surface area contributed by atoms with Gasteiger partial charge in [0.15, 0.2) is 0 Å². The first kappa shape index (κ1) is 14.8. The van der Waals surface area contributed by atoms with E-state index in [1.807, 2.05) is 0 Å². The van der Waals surface area contributed by atoms with Gasteiger partial charge in [0.1, 0.15) is 5.54 Å². The molecule has 3 aliphatic rings. The third-order valence-electron chi connectivity index (χ3n) is 5.18. The van der Waals surface area contributed by atoms with Gasteiger partial charge in [0.05, 0.1) is 0 Å². The molecule has 6 nitrogen and oxygen atoms in total. The number of rotatable bonds is 4. The summed E-state index contributed by atoms with van der Waals surface area (Å²) in [4.78, 5) is 23.8. The van der Waals surface area contributed by atoms with E-state index in [2.05, 4.69) is 10.6 Å². The lowest BCUT2D eigenvalue weighted by molar-refractivity contribution is -0.152. The highest BCUT2D eigenvalue weighted by Gasteiger charge is 2.42. The molecule has 0 spiro atoms. The van der Waals surface area contributed by atoms with E-state index >= 15 is 0 Å². The van der Waals surface area contributed by atoms with Crippen LogP contribution in [-0.4, -0.2) is 47.8 Å². The summed E-state index contributed by atoms with van der Waals surface area (Å²) in [7, 11) is 0. The Hall–Kier alpha value is -1.14. The van der Waals surface area contributed by atoms with Crippen LogP contribution in [0.3, 0.4) is 0 Å². The normalized spacial score (nSPS) is 34.4. The van der Waals surface area contributed by atoms with Crippen LogP contribution in [0.2, 0.25) is 0 Å². The molecule has 6 heteroatoms.